The summed E-state index contributed by atoms with van der Waals surface area (Å²) >= 11 is 0. The molecule has 0 aliphatic heterocycles. The van der Waals surface area contributed by atoms with Crippen LogP contribution in [0.2, 0.25) is 0 Å². The van der Waals surface area contributed by atoms with Crippen molar-refractivity contribution in [3.05, 3.63) is 42.0 Å². The number of pyridine rings is 1. The van der Waals surface area contributed by atoms with Gasteiger partial charge in [0.25, 0.3) is 0 Å². The van der Waals surface area contributed by atoms with Gasteiger partial charge < -0.3 is 5.11 Å². The Morgan fingerprint density at radius 1 is 1.29 bits per heavy atom. The summed E-state index contributed by atoms with van der Waals surface area (Å²) in [7, 11) is 0. The second-order valence-corrected chi connectivity index (χ2v) is 3.60. The van der Waals surface area contributed by atoms with E-state index in [0.717, 1.165) is 5.69 Å². The summed E-state index contributed by atoms with van der Waals surface area (Å²) in [4.78, 5) is 23.1. The fraction of sp³-hybridized carbons (Fsp3) is 0.167. The molecule has 2 aromatic rings. The molecule has 2 aromatic heterocycles. The lowest BCUT2D eigenvalue weighted by atomic mass is 10.2. The Kier molecular flexibility index (Phi) is 3.09. The largest absolute Gasteiger partial charge is 0.481 e. The van der Waals surface area contributed by atoms with Crippen LogP contribution in [-0.2, 0) is 11.2 Å². The predicted octanol–water partition coefficient (Wildman–Crippen LogP) is 1.47. The Balaban J connectivity index is 2.42. The third kappa shape index (κ3) is 2.84. The first-order valence-electron chi connectivity index (χ1n) is 5.13. The van der Waals surface area contributed by atoms with Gasteiger partial charge in [0.15, 0.2) is 0 Å². The van der Waals surface area contributed by atoms with Gasteiger partial charge in [-0.3, -0.25) is 9.78 Å². The van der Waals surface area contributed by atoms with E-state index in [0.29, 0.717) is 17.2 Å². The summed E-state index contributed by atoms with van der Waals surface area (Å²) in [6.07, 6.45) is 1.49. The molecule has 0 aliphatic carbocycles. The van der Waals surface area contributed by atoms with Crippen molar-refractivity contribution in [2.24, 2.45) is 0 Å². The molecule has 86 valence electrons. The van der Waals surface area contributed by atoms with E-state index in [1.807, 2.05) is 18.2 Å². The van der Waals surface area contributed by atoms with Gasteiger partial charge in [-0.15, -0.1) is 0 Å². The lowest BCUT2D eigenvalue weighted by Gasteiger charge is -2.03. The van der Waals surface area contributed by atoms with Crippen molar-refractivity contribution in [2.45, 2.75) is 13.3 Å². The van der Waals surface area contributed by atoms with Gasteiger partial charge >= 0.3 is 5.97 Å². The van der Waals surface area contributed by atoms with Gasteiger partial charge in [-0.1, -0.05) is 6.07 Å². The molecule has 0 bridgehead atoms. The number of nitrogens with zero attached hydrogens (tertiary/aromatic N) is 3. The summed E-state index contributed by atoms with van der Waals surface area (Å²) in [5, 5.41) is 8.72. The zero-order chi connectivity index (χ0) is 12.3. The van der Waals surface area contributed by atoms with Gasteiger partial charge in [0.2, 0.25) is 0 Å². The second kappa shape index (κ2) is 4.69. The standard InChI is InChI=1S/C12H11N3O2/c1-8-6-10(9-4-2-3-5-13-9)15-11(14-8)7-12(16)17/h2-6H,7H2,1H3,(H,16,17). The molecule has 2 rings (SSSR count). The van der Waals surface area contributed by atoms with Gasteiger partial charge in [-0.05, 0) is 25.1 Å². The lowest BCUT2D eigenvalue weighted by molar-refractivity contribution is -0.136. The molecule has 0 amide bonds. The summed E-state index contributed by atoms with van der Waals surface area (Å²) < 4.78 is 0. The maximum absolute atomic E-state index is 10.6. The minimum atomic E-state index is -0.942. The molecule has 1 N–H and O–H groups in total. The lowest BCUT2D eigenvalue weighted by Crippen LogP contribution is -2.06. The maximum atomic E-state index is 10.6. The second-order valence-electron chi connectivity index (χ2n) is 3.60. The molecule has 0 atom stereocenters. The number of aliphatic carboxylic acids is 1. The number of carboxylic acids is 1. The molecule has 0 spiro atoms. The maximum Gasteiger partial charge on any atom is 0.311 e. The predicted molar refractivity (Wildman–Crippen MR) is 61.3 cm³/mol. The summed E-state index contributed by atoms with van der Waals surface area (Å²) in [5.41, 5.74) is 2.09. The van der Waals surface area contributed by atoms with E-state index in [1.54, 1.807) is 19.2 Å². The average Bonchev–Trinajstić information content (AvgIpc) is 2.28. The highest BCUT2D eigenvalue weighted by Gasteiger charge is 2.08. The first-order valence-corrected chi connectivity index (χ1v) is 5.13. The number of hydrogen-bond donors (Lipinski definition) is 1. The molecular formula is C12H11N3O2. The molecular weight excluding hydrogens is 218 g/mol. The fourth-order valence-electron chi connectivity index (χ4n) is 1.49. The minimum Gasteiger partial charge on any atom is -0.481 e. The molecule has 5 heteroatoms. The number of aryl methyl sites for hydroxylation is 1. The molecule has 0 saturated carbocycles. The van der Waals surface area contributed by atoms with E-state index in [9.17, 15) is 4.79 Å². The van der Waals surface area contributed by atoms with E-state index in [1.165, 1.54) is 0 Å². The molecule has 2 heterocycles. The third-order valence-electron chi connectivity index (χ3n) is 2.14. The fourth-order valence-corrected chi connectivity index (χ4v) is 1.49. The number of carboxylic acid groups (broad SMARTS) is 1. The van der Waals surface area contributed by atoms with Crippen LogP contribution < -0.4 is 0 Å². The normalized spacial score (nSPS) is 10.2. The molecule has 0 unspecified atom stereocenters. The van der Waals surface area contributed by atoms with Gasteiger partial charge in [0.05, 0.1) is 11.4 Å². The third-order valence-corrected chi connectivity index (χ3v) is 2.14. The molecule has 0 fully saturated rings. The highest BCUT2D eigenvalue weighted by molar-refractivity contribution is 5.69. The molecule has 17 heavy (non-hydrogen) atoms. The quantitative estimate of drug-likeness (QED) is 0.862. The van der Waals surface area contributed by atoms with Crippen LogP contribution in [0.5, 0.6) is 0 Å². The highest BCUT2D eigenvalue weighted by atomic mass is 16.4. The molecule has 5 nitrogen and oxygen atoms in total. The van der Waals surface area contributed by atoms with Crippen LogP contribution in [0.3, 0.4) is 0 Å². The first-order chi connectivity index (χ1) is 8.15. The Morgan fingerprint density at radius 3 is 2.76 bits per heavy atom. The Hall–Kier alpha value is -2.30. The van der Waals surface area contributed by atoms with E-state index >= 15 is 0 Å². The SMILES string of the molecule is Cc1cc(-c2ccccn2)nc(CC(=O)O)n1. The number of hydrogen-bond acceptors (Lipinski definition) is 4. The van der Waals surface area contributed by atoms with Crippen molar-refractivity contribution < 1.29 is 9.90 Å². The monoisotopic (exact) mass is 229 g/mol. The van der Waals surface area contributed by atoms with Crippen molar-refractivity contribution in [1.82, 2.24) is 15.0 Å². The van der Waals surface area contributed by atoms with Crippen LogP contribution in [0.25, 0.3) is 11.4 Å². The van der Waals surface area contributed by atoms with Crippen LogP contribution in [0.4, 0.5) is 0 Å². The van der Waals surface area contributed by atoms with Gasteiger partial charge in [-0.2, -0.15) is 0 Å². The Morgan fingerprint density at radius 2 is 2.12 bits per heavy atom. The number of aromatic nitrogens is 3. The molecule has 0 radical (unpaired) electrons. The number of carbonyl (C=O) groups is 1. The highest BCUT2D eigenvalue weighted by Crippen LogP contribution is 2.14. The molecule has 0 saturated heterocycles. The minimum absolute atomic E-state index is 0.179. The Labute approximate surface area is 98.2 Å². The van der Waals surface area contributed by atoms with E-state index in [2.05, 4.69) is 15.0 Å². The summed E-state index contributed by atoms with van der Waals surface area (Å²) in [6.45, 7) is 1.81. The van der Waals surface area contributed by atoms with Crippen molar-refractivity contribution in [2.75, 3.05) is 0 Å². The van der Waals surface area contributed by atoms with Crippen LogP contribution in [-0.4, -0.2) is 26.0 Å². The van der Waals surface area contributed by atoms with Gasteiger partial charge in [-0.25, -0.2) is 9.97 Å². The first kappa shape index (κ1) is 11.2. The van der Waals surface area contributed by atoms with Crippen molar-refractivity contribution in [1.29, 1.82) is 0 Å². The van der Waals surface area contributed by atoms with Crippen molar-refractivity contribution in [3.8, 4) is 11.4 Å². The molecule has 0 aliphatic rings. The topological polar surface area (TPSA) is 76.0 Å². The van der Waals surface area contributed by atoms with Gasteiger partial charge in [0.1, 0.15) is 12.2 Å². The van der Waals surface area contributed by atoms with E-state index < -0.39 is 5.97 Å². The summed E-state index contributed by atoms with van der Waals surface area (Å²) in [5.74, 6) is -0.638. The molecule has 0 aromatic carbocycles. The zero-order valence-electron chi connectivity index (χ0n) is 9.29. The van der Waals surface area contributed by atoms with Crippen LogP contribution in [0.15, 0.2) is 30.5 Å². The average molecular weight is 229 g/mol. The Bertz CT molecular complexity index is 541. The van der Waals surface area contributed by atoms with Crippen LogP contribution in [0, 0.1) is 6.92 Å². The van der Waals surface area contributed by atoms with Crippen LogP contribution >= 0.6 is 0 Å². The van der Waals surface area contributed by atoms with Crippen LogP contribution in [0.1, 0.15) is 11.5 Å². The zero-order valence-corrected chi connectivity index (χ0v) is 9.29. The summed E-state index contributed by atoms with van der Waals surface area (Å²) in [6, 6.07) is 7.28. The van der Waals surface area contributed by atoms with Gasteiger partial charge in [0, 0.05) is 11.9 Å². The number of rotatable bonds is 3. The van der Waals surface area contributed by atoms with E-state index in [4.69, 9.17) is 5.11 Å². The smallest absolute Gasteiger partial charge is 0.311 e. The van der Waals surface area contributed by atoms with E-state index in [-0.39, 0.29) is 6.42 Å². The van der Waals surface area contributed by atoms with Crippen molar-refractivity contribution >= 4 is 5.97 Å². The van der Waals surface area contributed by atoms with Crippen molar-refractivity contribution in [3.63, 3.8) is 0 Å².